The molecule has 1 heterocycles. The van der Waals surface area contributed by atoms with Crippen LogP contribution in [0.1, 0.15) is 30.0 Å². The van der Waals surface area contributed by atoms with E-state index in [2.05, 4.69) is 67.3 Å². The van der Waals surface area contributed by atoms with E-state index >= 15 is 0 Å². The third-order valence-corrected chi connectivity index (χ3v) is 4.41. The Balaban J connectivity index is 2.03. The monoisotopic (exact) mass is 289 g/mol. The van der Waals surface area contributed by atoms with Gasteiger partial charge in [-0.05, 0) is 12.5 Å². The average Bonchev–Trinajstić information content (AvgIpc) is 2.79. The Kier molecular flexibility index (Phi) is 5.15. The predicted octanol–water partition coefficient (Wildman–Crippen LogP) is 3.59. The molecular formula is C16H23N3S. The molecular weight excluding hydrogens is 266 g/mol. The fourth-order valence-electron chi connectivity index (χ4n) is 1.96. The number of rotatable bonds is 6. The summed E-state index contributed by atoms with van der Waals surface area (Å²) >= 11 is 1.78. The standard InChI is InChI=1S/C16H23N3S/c1-12(2)17-10-15-13(3)18-16(20-15)19(4)11-14-8-6-5-7-9-14/h5-9,12,17H,10-11H2,1-4H3. The predicted molar refractivity (Wildman–Crippen MR) is 87.4 cm³/mol. The van der Waals surface area contributed by atoms with Crippen LogP contribution in [0.5, 0.6) is 0 Å². The van der Waals surface area contributed by atoms with Crippen LogP contribution in [0.3, 0.4) is 0 Å². The van der Waals surface area contributed by atoms with Gasteiger partial charge in [0.2, 0.25) is 0 Å². The summed E-state index contributed by atoms with van der Waals surface area (Å²) in [6.45, 7) is 8.22. The lowest BCUT2D eigenvalue weighted by Crippen LogP contribution is -2.21. The first-order valence-corrected chi connectivity index (χ1v) is 7.82. The first-order valence-electron chi connectivity index (χ1n) is 7.01. The van der Waals surface area contributed by atoms with Gasteiger partial charge in [0.1, 0.15) is 0 Å². The van der Waals surface area contributed by atoms with Gasteiger partial charge >= 0.3 is 0 Å². The SMILES string of the molecule is Cc1nc(N(C)Cc2ccccc2)sc1CNC(C)C. The molecule has 0 spiro atoms. The summed E-state index contributed by atoms with van der Waals surface area (Å²) in [5, 5.41) is 4.55. The van der Waals surface area contributed by atoms with Crippen LogP contribution in [0.4, 0.5) is 5.13 Å². The summed E-state index contributed by atoms with van der Waals surface area (Å²) < 4.78 is 0. The van der Waals surface area contributed by atoms with Crippen molar-refractivity contribution in [3.8, 4) is 0 Å². The van der Waals surface area contributed by atoms with Crippen molar-refractivity contribution in [3.05, 3.63) is 46.5 Å². The molecule has 0 unspecified atom stereocenters. The first-order chi connectivity index (χ1) is 9.56. The number of nitrogens with one attached hydrogen (secondary N) is 1. The minimum atomic E-state index is 0.502. The van der Waals surface area contributed by atoms with Crippen molar-refractivity contribution in [2.24, 2.45) is 0 Å². The van der Waals surface area contributed by atoms with E-state index in [1.807, 2.05) is 6.07 Å². The van der Waals surface area contributed by atoms with Crippen molar-refractivity contribution in [2.75, 3.05) is 11.9 Å². The molecule has 2 rings (SSSR count). The Morgan fingerprint density at radius 1 is 1.25 bits per heavy atom. The van der Waals surface area contributed by atoms with Crippen molar-refractivity contribution in [2.45, 2.75) is 39.9 Å². The maximum Gasteiger partial charge on any atom is 0.185 e. The van der Waals surface area contributed by atoms with Crippen LogP contribution in [0.2, 0.25) is 0 Å². The van der Waals surface area contributed by atoms with E-state index in [-0.39, 0.29) is 0 Å². The molecule has 0 aliphatic heterocycles. The number of aromatic nitrogens is 1. The number of anilines is 1. The highest BCUT2D eigenvalue weighted by atomic mass is 32.1. The fraction of sp³-hybridized carbons (Fsp3) is 0.438. The number of thiazole rings is 1. The lowest BCUT2D eigenvalue weighted by Gasteiger charge is -2.15. The number of hydrogen-bond donors (Lipinski definition) is 1. The number of benzene rings is 1. The molecule has 108 valence electrons. The van der Waals surface area contributed by atoms with Crippen molar-refractivity contribution >= 4 is 16.5 Å². The van der Waals surface area contributed by atoms with E-state index in [1.54, 1.807) is 11.3 Å². The summed E-state index contributed by atoms with van der Waals surface area (Å²) in [5.41, 5.74) is 2.45. The average molecular weight is 289 g/mol. The lowest BCUT2D eigenvalue weighted by molar-refractivity contribution is 0.591. The molecule has 0 amide bonds. The van der Waals surface area contributed by atoms with Crippen molar-refractivity contribution < 1.29 is 0 Å². The molecule has 3 nitrogen and oxygen atoms in total. The molecule has 1 aromatic heterocycles. The molecule has 0 bridgehead atoms. The topological polar surface area (TPSA) is 28.2 Å². The summed E-state index contributed by atoms with van der Waals surface area (Å²) in [7, 11) is 2.10. The van der Waals surface area contributed by atoms with Crippen LogP contribution in [-0.2, 0) is 13.1 Å². The van der Waals surface area contributed by atoms with Gasteiger partial charge in [-0.3, -0.25) is 0 Å². The highest BCUT2D eigenvalue weighted by Gasteiger charge is 2.11. The van der Waals surface area contributed by atoms with E-state index in [9.17, 15) is 0 Å². The third kappa shape index (κ3) is 4.05. The van der Waals surface area contributed by atoms with E-state index in [1.165, 1.54) is 10.4 Å². The second-order valence-electron chi connectivity index (χ2n) is 5.38. The van der Waals surface area contributed by atoms with E-state index in [4.69, 9.17) is 0 Å². The molecule has 1 aromatic carbocycles. The molecule has 1 N–H and O–H groups in total. The van der Waals surface area contributed by atoms with Gasteiger partial charge in [0.15, 0.2) is 5.13 Å². The molecule has 0 aliphatic rings. The minimum absolute atomic E-state index is 0.502. The van der Waals surface area contributed by atoms with Gasteiger partial charge in [0.25, 0.3) is 0 Å². The molecule has 0 saturated heterocycles. The molecule has 0 radical (unpaired) electrons. The second kappa shape index (κ2) is 6.86. The van der Waals surface area contributed by atoms with Gasteiger partial charge in [0, 0.05) is 31.1 Å². The lowest BCUT2D eigenvalue weighted by atomic mass is 10.2. The van der Waals surface area contributed by atoms with Gasteiger partial charge in [-0.15, -0.1) is 11.3 Å². The van der Waals surface area contributed by atoms with Crippen LogP contribution in [0.25, 0.3) is 0 Å². The third-order valence-electron chi connectivity index (χ3n) is 3.14. The molecule has 0 fully saturated rings. The second-order valence-corrected chi connectivity index (χ2v) is 6.44. The molecule has 0 atom stereocenters. The normalized spacial score (nSPS) is 11.1. The Hall–Kier alpha value is -1.39. The Labute approximate surface area is 125 Å². The molecule has 0 aliphatic carbocycles. The van der Waals surface area contributed by atoms with Gasteiger partial charge in [-0.1, -0.05) is 44.2 Å². The zero-order chi connectivity index (χ0) is 14.5. The minimum Gasteiger partial charge on any atom is -0.347 e. The summed E-state index contributed by atoms with van der Waals surface area (Å²) in [4.78, 5) is 8.23. The largest absolute Gasteiger partial charge is 0.347 e. The Morgan fingerprint density at radius 3 is 2.60 bits per heavy atom. The van der Waals surface area contributed by atoms with E-state index < -0.39 is 0 Å². The molecule has 0 saturated carbocycles. The Bertz CT molecular complexity index is 534. The van der Waals surface area contributed by atoms with Gasteiger partial charge in [-0.25, -0.2) is 4.98 Å². The molecule has 2 aromatic rings. The van der Waals surface area contributed by atoms with Crippen molar-refractivity contribution in [3.63, 3.8) is 0 Å². The number of hydrogen-bond acceptors (Lipinski definition) is 4. The maximum absolute atomic E-state index is 4.69. The van der Waals surface area contributed by atoms with Gasteiger partial charge < -0.3 is 10.2 Å². The smallest absolute Gasteiger partial charge is 0.185 e. The zero-order valence-corrected chi connectivity index (χ0v) is 13.5. The summed E-state index contributed by atoms with van der Waals surface area (Å²) in [5.74, 6) is 0. The van der Waals surface area contributed by atoms with Crippen LogP contribution >= 0.6 is 11.3 Å². The van der Waals surface area contributed by atoms with E-state index in [0.717, 1.165) is 23.9 Å². The maximum atomic E-state index is 4.69. The summed E-state index contributed by atoms with van der Waals surface area (Å²) in [6, 6.07) is 11.0. The molecule has 20 heavy (non-hydrogen) atoms. The van der Waals surface area contributed by atoms with Crippen LogP contribution in [-0.4, -0.2) is 18.1 Å². The fourth-order valence-corrected chi connectivity index (χ4v) is 2.93. The quantitative estimate of drug-likeness (QED) is 0.881. The van der Waals surface area contributed by atoms with Crippen LogP contribution < -0.4 is 10.2 Å². The molecule has 4 heteroatoms. The van der Waals surface area contributed by atoms with Crippen LogP contribution in [0, 0.1) is 6.92 Å². The number of aryl methyl sites for hydroxylation is 1. The number of nitrogens with zero attached hydrogens (tertiary/aromatic N) is 2. The highest BCUT2D eigenvalue weighted by molar-refractivity contribution is 7.15. The van der Waals surface area contributed by atoms with Gasteiger partial charge in [0.05, 0.1) is 5.69 Å². The van der Waals surface area contributed by atoms with E-state index in [0.29, 0.717) is 6.04 Å². The van der Waals surface area contributed by atoms with Crippen LogP contribution in [0.15, 0.2) is 30.3 Å². The van der Waals surface area contributed by atoms with Crippen molar-refractivity contribution in [1.82, 2.24) is 10.3 Å². The zero-order valence-electron chi connectivity index (χ0n) is 12.7. The highest BCUT2D eigenvalue weighted by Crippen LogP contribution is 2.26. The van der Waals surface area contributed by atoms with Gasteiger partial charge in [-0.2, -0.15) is 0 Å². The first kappa shape index (κ1) is 15.0. The Morgan fingerprint density at radius 2 is 1.95 bits per heavy atom. The summed E-state index contributed by atoms with van der Waals surface area (Å²) in [6.07, 6.45) is 0. The van der Waals surface area contributed by atoms with Crippen molar-refractivity contribution in [1.29, 1.82) is 0 Å².